The molecule has 1 unspecified atom stereocenters. The highest BCUT2D eigenvalue weighted by Gasteiger charge is 2.60. The van der Waals surface area contributed by atoms with Gasteiger partial charge in [-0.3, -0.25) is 4.74 Å². The molecule has 0 amide bonds. The lowest BCUT2D eigenvalue weighted by Gasteiger charge is -2.20. The lowest BCUT2D eigenvalue weighted by atomic mass is 10.2. The van der Waals surface area contributed by atoms with Gasteiger partial charge >= 0.3 is 17.7 Å². The molecule has 2 rings (SSSR count). The Kier molecular flexibility index (Phi) is 4.89. The van der Waals surface area contributed by atoms with Gasteiger partial charge in [0.25, 0.3) is 0 Å². The van der Waals surface area contributed by atoms with E-state index in [0.717, 1.165) is 0 Å². The molecule has 0 aromatic heterocycles. The standard InChI is InChI=1S/C14H16O7/c1-3-17-12(15)14(13(16)18-4-2)19-11(20-21-14)10-8-6-5-7-9-10/h5-9,11H,3-4H2,1-2H3. The van der Waals surface area contributed by atoms with E-state index in [1.165, 1.54) is 0 Å². The third-order valence-electron chi connectivity index (χ3n) is 2.69. The van der Waals surface area contributed by atoms with Crippen LogP contribution in [0, 0.1) is 0 Å². The largest absolute Gasteiger partial charge is 0.461 e. The first kappa shape index (κ1) is 15.4. The summed E-state index contributed by atoms with van der Waals surface area (Å²) in [6.45, 7) is 3.31. The SMILES string of the molecule is CCOC(=O)C1(C(=O)OCC)OOC(c2ccccc2)O1. The number of carbonyl (C=O) groups is 2. The van der Waals surface area contributed by atoms with E-state index in [4.69, 9.17) is 24.0 Å². The van der Waals surface area contributed by atoms with Gasteiger partial charge in [0.15, 0.2) is 0 Å². The maximum absolute atomic E-state index is 12.0. The van der Waals surface area contributed by atoms with Crippen LogP contribution in [0.1, 0.15) is 25.7 Å². The average Bonchev–Trinajstić information content (AvgIpc) is 2.95. The highest BCUT2D eigenvalue weighted by molar-refractivity contribution is 6.02. The maximum Gasteiger partial charge on any atom is 0.400 e. The van der Waals surface area contributed by atoms with Crippen LogP contribution < -0.4 is 0 Å². The first-order chi connectivity index (χ1) is 10.1. The van der Waals surface area contributed by atoms with Gasteiger partial charge in [0.05, 0.1) is 13.2 Å². The molecule has 1 aliphatic rings. The van der Waals surface area contributed by atoms with Gasteiger partial charge < -0.3 is 9.47 Å². The zero-order chi connectivity index (χ0) is 15.3. The van der Waals surface area contributed by atoms with E-state index in [2.05, 4.69) is 0 Å². The molecule has 114 valence electrons. The summed E-state index contributed by atoms with van der Waals surface area (Å²) in [4.78, 5) is 33.8. The van der Waals surface area contributed by atoms with E-state index in [1.54, 1.807) is 38.1 Å². The summed E-state index contributed by atoms with van der Waals surface area (Å²) >= 11 is 0. The number of esters is 2. The molecule has 0 radical (unpaired) electrons. The van der Waals surface area contributed by atoms with Gasteiger partial charge in [-0.1, -0.05) is 30.3 Å². The van der Waals surface area contributed by atoms with Crippen molar-refractivity contribution < 1.29 is 33.6 Å². The second-order valence-electron chi connectivity index (χ2n) is 4.10. The number of hydrogen-bond donors (Lipinski definition) is 0. The van der Waals surface area contributed by atoms with Crippen LogP contribution in [0.5, 0.6) is 0 Å². The van der Waals surface area contributed by atoms with E-state index >= 15 is 0 Å². The van der Waals surface area contributed by atoms with Crippen LogP contribution >= 0.6 is 0 Å². The second-order valence-corrected chi connectivity index (χ2v) is 4.10. The molecule has 21 heavy (non-hydrogen) atoms. The van der Waals surface area contributed by atoms with Gasteiger partial charge in [-0.2, -0.15) is 9.78 Å². The predicted molar refractivity (Wildman–Crippen MR) is 68.4 cm³/mol. The molecule has 1 aromatic carbocycles. The Bertz CT molecular complexity index is 481. The molecule has 0 N–H and O–H groups in total. The van der Waals surface area contributed by atoms with Crippen LogP contribution in [0.3, 0.4) is 0 Å². The first-order valence-corrected chi connectivity index (χ1v) is 6.55. The number of ether oxygens (including phenoxy) is 3. The zero-order valence-electron chi connectivity index (χ0n) is 11.7. The molecule has 1 saturated heterocycles. The molecule has 1 atom stereocenters. The van der Waals surface area contributed by atoms with Crippen LogP contribution in [-0.4, -0.2) is 30.9 Å². The van der Waals surface area contributed by atoms with Crippen LogP contribution in [0.4, 0.5) is 0 Å². The van der Waals surface area contributed by atoms with E-state index in [0.29, 0.717) is 5.56 Å². The van der Waals surface area contributed by atoms with Crippen molar-refractivity contribution in [2.24, 2.45) is 0 Å². The van der Waals surface area contributed by atoms with Crippen molar-refractivity contribution in [3.8, 4) is 0 Å². The molecule has 1 aliphatic heterocycles. The average molecular weight is 296 g/mol. The van der Waals surface area contributed by atoms with Crippen LogP contribution in [0.25, 0.3) is 0 Å². The Labute approximate surface area is 121 Å². The van der Waals surface area contributed by atoms with E-state index in [-0.39, 0.29) is 13.2 Å². The number of rotatable bonds is 5. The lowest BCUT2D eigenvalue weighted by Crippen LogP contribution is -2.50. The summed E-state index contributed by atoms with van der Waals surface area (Å²) < 4.78 is 15.0. The minimum atomic E-state index is -2.35. The summed E-state index contributed by atoms with van der Waals surface area (Å²) in [5.74, 6) is -4.38. The van der Waals surface area contributed by atoms with Gasteiger partial charge in [0.1, 0.15) is 0 Å². The summed E-state index contributed by atoms with van der Waals surface area (Å²) in [5.41, 5.74) is 0.591. The van der Waals surface area contributed by atoms with Crippen molar-refractivity contribution in [2.75, 3.05) is 13.2 Å². The predicted octanol–water partition coefficient (Wildman–Crippen LogP) is 1.49. The van der Waals surface area contributed by atoms with Crippen LogP contribution in [0.2, 0.25) is 0 Å². The highest BCUT2D eigenvalue weighted by atomic mass is 17.3. The Hall–Kier alpha value is -1.96. The Morgan fingerprint density at radius 1 is 1.10 bits per heavy atom. The van der Waals surface area contributed by atoms with Gasteiger partial charge in [-0.15, -0.1) is 0 Å². The monoisotopic (exact) mass is 296 g/mol. The molecule has 0 saturated carbocycles. The smallest absolute Gasteiger partial charge is 0.400 e. The molecule has 0 aliphatic carbocycles. The number of carbonyl (C=O) groups excluding carboxylic acids is 2. The van der Waals surface area contributed by atoms with Crippen LogP contribution in [-0.2, 0) is 33.6 Å². The molecular weight excluding hydrogens is 280 g/mol. The third-order valence-corrected chi connectivity index (χ3v) is 2.69. The summed E-state index contributed by atoms with van der Waals surface area (Å²) in [7, 11) is 0. The molecule has 1 fully saturated rings. The van der Waals surface area contributed by atoms with Gasteiger partial charge in [0.2, 0.25) is 6.29 Å². The maximum atomic E-state index is 12.0. The molecule has 7 nitrogen and oxygen atoms in total. The van der Waals surface area contributed by atoms with E-state index < -0.39 is 24.0 Å². The second kappa shape index (κ2) is 6.66. The van der Waals surface area contributed by atoms with Gasteiger partial charge in [0, 0.05) is 5.56 Å². The topological polar surface area (TPSA) is 80.3 Å². The van der Waals surface area contributed by atoms with Crippen molar-refractivity contribution >= 4 is 11.9 Å². The molecular formula is C14H16O7. The summed E-state index contributed by atoms with van der Waals surface area (Å²) in [6, 6.07) is 8.75. The number of hydrogen-bond acceptors (Lipinski definition) is 7. The van der Waals surface area contributed by atoms with E-state index in [9.17, 15) is 9.59 Å². The Morgan fingerprint density at radius 3 is 2.19 bits per heavy atom. The molecule has 0 spiro atoms. The van der Waals surface area contributed by atoms with Gasteiger partial charge in [-0.25, -0.2) is 9.59 Å². The normalized spacial score (nSPS) is 20.0. The van der Waals surface area contributed by atoms with E-state index in [1.807, 2.05) is 6.07 Å². The molecule has 0 bridgehead atoms. The molecule has 7 heteroatoms. The molecule has 1 aromatic rings. The van der Waals surface area contributed by atoms with Gasteiger partial charge in [-0.05, 0) is 13.8 Å². The summed E-state index contributed by atoms with van der Waals surface area (Å²) in [6.07, 6.45) is -1.03. The Balaban J connectivity index is 2.23. The van der Waals surface area contributed by atoms with Crippen LogP contribution in [0.15, 0.2) is 30.3 Å². The lowest BCUT2D eigenvalue weighted by molar-refractivity contribution is -0.322. The highest BCUT2D eigenvalue weighted by Crippen LogP contribution is 2.36. The third kappa shape index (κ3) is 3.05. The van der Waals surface area contributed by atoms with Crippen molar-refractivity contribution in [3.05, 3.63) is 35.9 Å². The number of benzene rings is 1. The Morgan fingerprint density at radius 2 is 1.67 bits per heavy atom. The minimum Gasteiger partial charge on any atom is -0.461 e. The fourth-order valence-corrected chi connectivity index (χ4v) is 1.74. The zero-order valence-corrected chi connectivity index (χ0v) is 11.7. The van der Waals surface area contributed by atoms with Crippen molar-refractivity contribution in [3.63, 3.8) is 0 Å². The summed E-state index contributed by atoms with van der Waals surface area (Å²) in [5, 5.41) is 0. The van der Waals surface area contributed by atoms with Crippen molar-refractivity contribution in [2.45, 2.75) is 25.9 Å². The molecule has 1 heterocycles. The first-order valence-electron chi connectivity index (χ1n) is 6.55. The quantitative estimate of drug-likeness (QED) is 0.462. The van der Waals surface area contributed by atoms with Crippen molar-refractivity contribution in [1.29, 1.82) is 0 Å². The minimum absolute atomic E-state index is 0.0582. The fraction of sp³-hybridized carbons (Fsp3) is 0.429. The fourth-order valence-electron chi connectivity index (χ4n) is 1.74. The van der Waals surface area contributed by atoms with Crippen molar-refractivity contribution in [1.82, 2.24) is 0 Å².